The van der Waals surface area contributed by atoms with Crippen molar-refractivity contribution in [3.05, 3.63) is 29.8 Å². The van der Waals surface area contributed by atoms with Crippen molar-refractivity contribution >= 4 is 5.91 Å². The fraction of sp³-hybridized carbons (Fsp3) is 0.562. The molecule has 128 valence electrons. The number of para-hydroxylation sites is 1. The fourth-order valence-electron chi connectivity index (χ4n) is 2.83. The molecule has 1 aromatic carbocycles. The molecule has 1 heterocycles. The third kappa shape index (κ3) is 4.16. The number of aliphatic hydroxyl groups is 1. The van der Waals surface area contributed by atoms with Crippen LogP contribution in [0.4, 0.5) is 13.2 Å². The number of benzene rings is 1. The van der Waals surface area contributed by atoms with Crippen LogP contribution in [-0.2, 0) is 0 Å². The zero-order valence-electron chi connectivity index (χ0n) is 12.9. The molecule has 0 saturated carbocycles. The van der Waals surface area contributed by atoms with Crippen molar-refractivity contribution in [3.8, 4) is 5.75 Å². The first-order chi connectivity index (χ1) is 10.8. The number of likely N-dealkylation sites (tertiary alicyclic amines) is 1. The summed E-state index contributed by atoms with van der Waals surface area (Å²) in [5, 5.41) is 9.51. The van der Waals surface area contributed by atoms with Gasteiger partial charge in [0.25, 0.3) is 5.91 Å². The molecule has 1 amide bonds. The molecule has 0 spiro atoms. The average Bonchev–Trinajstić information content (AvgIpc) is 2.53. The molecule has 1 aliphatic heterocycles. The van der Waals surface area contributed by atoms with Gasteiger partial charge in [0.05, 0.1) is 5.56 Å². The molecule has 1 N–H and O–H groups in total. The number of amides is 1. The molecule has 1 saturated heterocycles. The maximum atomic E-state index is 12.5. The average molecular weight is 331 g/mol. The van der Waals surface area contributed by atoms with Crippen molar-refractivity contribution in [1.29, 1.82) is 0 Å². The summed E-state index contributed by atoms with van der Waals surface area (Å²) in [4.78, 5) is 14.0. The van der Waals surface area contributed by atoms with Gasteiger partial charge in [-0.1, -0.05) is 19.1 Å². The molecule has 0 aliphatic carbocycles. The van der Waals surface area contributed by atoms with Gasteiger partial charge >= 0.3 is 6.36 Å². The molecule has 7 heteroatoms. The zero-order chi connectivity index (χ0) is 17.1. The van der Waals surface area contributed by atoms with E-state index in [1.165, 1.54) is 23.1 Å². The Hall–Kier alpha value is -1.76. The van der Waals surface area contributed by atoms with Crippen LogP contribution in [0.5, 0.6) is 5.75 Å². The Labute approximate surface area is 132 Å². The van der Waals surface area contributed by atoms with Gasteiger partial charge in [0.1, 0.15) is 5.75 Å². The van der Waals surface area contributed by atoms with E-state index in [0.717, 1.165) is 12.5 Å². The highest BCUT2D eigenvalue weighted by molar-refractivity contribution is 5.97. The minimum Gasteiger partial charge on any atom is -0.405 e. The summed E-state index contributed by atoms with van der Waals surface area (Å²) in [6.45, 7) is 2.86. The van der Waals surface area contributed by atoms with Gasteiger partial charge in [-0.3, -0.25) is 4.79 Å². The Kier molecular flexibility index (Phi) is 5.19. The fourth-order valence-corrected chi connectivity index (χ4v) is 2.83. The van der Waals surface area contributed by atoms with E-state index in [1.54, 1.807) is 0 Å². The molecule has 1 aliphatic rings. The lowest BCUT2D eigenvalue weighted by Gasteiger charge is -2.40. The lowest BCUT2D eigenvalue weighted by Crippen LogP contribution is -2.44. The van der Waals surface area contributed by atoms with Crippen LogP contribution in [0.25, 0.3) is 0 Å². The number of halogens is 3. The van der Waals surface area contributed by atoms with Crippen LogP contribution < -0.4 is 4.74 Å². The van der Waals surface area contributed by atoms with E-state index in [1.807, 2.05) is 6.92 Å². The molecule has 1 aromatic rings. The Balaban J connectivity index is 2.13. The predicted octanol–water partition coefficient (Wildman–Crippen LogP) is 3.21. The summed E-state index contributed by atoms with van der Waals surface area (Å²) in [5.41, 5.74) is -0.295. The number of alkyl halides is 3. The molecule has 0 aromatic heterocycles. The first kappa shape index (κ1) is 17.6. The quantitative estimate of drug-likeness (QED) is 0.922. The largest absolute Gasteiger partial charge is 0.573 e. The number of ether oxygens (including phenoxy) is 1. The van der Waals surface area contributed by atoms with Gasteiger partial charge in [-0.25, -0.2) is 0 Å². The Morgan fingerprint density at radius 1 is 1.30 bits per heavy atom. The van der Waals surface area contributed by atoms with Crippen molar-refractivity contribution in [3.63, 3.8) is 0 Å². The molecule has 0 unspecified atom stereocenters. The number of rotatable bonds is 4. The van der Waals surface area contributed by atoms with Crippen LogP contribution in [0.3, 0.4) is 0 Å². The highest BCUT2D eigenvalue weighted by atomic mass is 19.4. The second-order valence-corrected chi connectivity index (χ2v) is 5.85. The number of hydrogen-bond donors (Lipinski definition) is 1. The van der Waals surface area contributed by atoms with Gasteiger partial charge in [-0.2, -0.15) is 0 Å². The lowest BCUT2D eigenvalue weighted by atomic mass is 9.77. The standard InChI is InChI=1S/C16H20F3NO3/c1-2-15(11-21)7-9-20(10-8-15)14(22)12-5-3-4-6-13(12)23-16(17,18)19/h3-6,21H,2,7-11H2,1H3. The van der Waals surface area contributed by atoms with Gasteiger partial charge in [-0.05, 0) is 36.8 Å². The van der Waals surface area contributed by atoms with Crippen molar-refractivity contribution in [2.45, 2.75) is 32.5 Å². The Bertz CT molecular complexity index is 546. The lowest BCUT2D eigenvalue weighted by molar-refractivity contribution is -0.274. The number of hydrogen-bond acceptors (Lipinski definition) is 3. The van der Waals surface area contributed by atoms with Gasteiger partial charge < -0.3 is 14.7 Å². The number of carbonyl (C=O) groups is 1. The second-order valence-electron chi connectivity index (χ2n) is 5.85. The van der Waals surface area contributed by atoms with Crippen LogP contribution in [0.2, 0.25) is 0 Å². The molecule has 4 nitrogen and oxygen atoms in total. The van der Waals surface area contributed by atoms with Crippen molar-refractivity contribution in [2.75, 3.05) is 19.7 Å². The number of aliphatic hydroxyl groups excluding tert-OH is 1. The smallest absolute Gasteiger partial charge is 0.405 e. The topological polar surface area (TPSA) is 49.8 Å². The number of carbonyl (C=O) groups excluding carboxylic acids is 1. The van der Waals surface area contributed by atoms with Crippen LogP contribution in [-0.4, -0.2) is 42.0 Å². The third-order valence-electron chi connectivity index (χ3n) is 4.54. The molecule has 0 bridgehead atoms. The summed E-state index contributed by atoms with van der Waals surface area (Å²) >= 11 is 0. The normalized spacial score (nSPS) is 17.9. The summed E-state index contributed by atoms with van der Waals surface area (Å²) in [5.74, 6) is -0.966. The number of piperidine rings is 1. The predicted molar refractivity (Wildman–Crippen MR) is 78.1 cm³/mol. The van der Waals surface area contributed by atoms with E-state index in [2.05, 4.69) is 4.74 Å². The van der Waals surface area contributed by atoms with Crippen LogP contribution in [0.1, 0.15) is 36.5 Å². The minimum atomic E-state index is -4.84. The third-order valence-corrected chi connectivity index (χ3v) is 4.54. The van der Waals surface area contributed by atoms with Crippen LogP contribution in [0, 0.1) is 5.41 Å². The summed E-state index contributed by atoms with van der Waals surface area (Å²) in [7, 11) is 0. The van der Waals surface area contributed by atoms with Crippen LogP contribution >= 0.6 is 0 Å². The van der Waals surface area contributed by atoms with Crippen molar-refractivity contribution < 1.29 is 27.8 Å². The summed E-state index contributed by atoms with van der Waals surface area (Å²) < 4.78 is 41.3. The Morgan fingerprint density at radius 2 is 1.91 bits per heavy atom. The highest BCUT2D eigenvalue weighted by Crippen LogP contribution is 2.35. The maximum Gasteiger partial charge on any atom is 0.573 e. The molecule has 1 fully saturated rings. The zero-order valence-corrected chi connectivity index (χ0v) is 12.9. The molecule has 2 rings (SSSR count). The molecule has 0 atom stereocenters. The minimum absolute atomic E-state index is 0.0549. The SMILES string of the molecule is CCC1(CO)CCN(C(=O)c2ccccc2OC(F)(F)F)CC1. The first-order valence-corrected chi connectivity index (χ1v) is 7.55. The Morgan fingerprint density at radius 3 is 2.43 bits per heavy atom. The van der Waals surface area contributed by atoms with Crippen molar-refractivity contribution in [1.82, 2.24) is 4.90 Å². The van der Waals surface area contributed by atoms with Crippen LogP contribution in [0.15, 0.2) is 24.3 Å². The molecular formula is C16H20F3NO3. The molecule has 0 radical (unpaired) electrons. The van der Waals surface area contributed by atoms with E-state index in [4.69, 9.17) is 0 Å². The molecular weight excluding hydrogens is 311 g/mol. The van der Waals surface area contributed by atoms with Gasteiger partial charge in [0.15, 0.2) is 0 Å². The van der Waals surface area contributed by atoms with E-state index >= 15 is 0 Å². The highest BCUT2D eigenvalue weighted by Gasteiger charge is 2.36. The second kappa shape index (κ2) is 6.78. The van der Waals surface area contributed by atoms with E-state index in [-0.39, 0.29) is 17.6 Å². The van der Waals surface area contributed by atoms with Gasteiger partial charge in [-0.15, -0.1) is 13.2 Å². The van der Waals surface area contributed by atoms with E-state index < -0.39 is 18.0 Å². The van der Waals surface area contributed by atoms with Crippen molar-refractivity contribution in [2.24, 2.45) is 5.41 Å². The maximum absolute atomic E-state index is 12.5. The van der Waals surface area contributed by atoms with E-state index in [0.29, 0.717) is 25.9 Å². The monoisotopic (exact) mass is 331 g/mol. The summed E-state index contributed by atoms with van der Waals surface area (Å²) in [6, 6.07) is 5.36. The number of nitrogens with zero attached hydrogens (tertiary/aromatic N) is 1. The van der Waals surface area contributed by atoms with Gasteiger partial charge in [0.2, 0.25) is 0 Å². The molecule has 23 heavy (non-hydrogen) atoms. The summed E-state index contributed by atoms with van der Waals surface area (Å²) in [6.07, 6.45) is -2.77. The van der Waals surface area contributed by atoms with Gasteiger partial charge in [0, 0.05) is 19.7 Å². The first-order valence-electron chi connectivity index (χ1n) is 7.55. The van der Waals surface area contributed by atoms with E-state index in [9.17, 15) is 23.1 Å².